The molecule has 16 nitrogen and oxygen atoms in total. The summed E-state index contributed by atoms with van der Waals surface area (Å²) in [5, 5.41) is 58.1. The highest BCUT2D eigenvalue weighted by Crippen LogP contribution is 2.49. The molecule has 7 aromatic rings. The Labute approximate surface area is 378 Å². The van der Waals surface area contributed by atoms with Crippen molar-refractivity contribution in [3.05, 3.63) is 159 Å². The molecule has 5 aromatic carbocycles. The van der Waals surface area contributed by atoms with E-state index >= 15 is 0 Å². The molecule has 0 fully saturated rings. The van der Waals surface area contributed by atoms with Crippen molar-refractivity contribution in [2.24, 2.45) is 20.5 Å². The molecule has 0 atom stereocenters. The second-order valence-electron chi connectivity index (χ2n) is 13.3. The quantitative estimate of drug-likeness (QED) is 0.0537. The lowest BCUT2D eigenvalue weighted by Crippen LogP contribution is -2.16. The topological polar surface area (TPSA) is 255 Å². The van der Waals surface area contributed by atoms with Crippen LogP contribution in [0.2, 0.25) is 10.0 Å². The van der Waals surface area contributed by atoms with E-state index in [0.717, 1.165) is 17.4 Å². The highest BCUT2D eigenvalue weighted by atomic mass is 35.5. The SMILES string of the molecule is Cc1c(C#N)c(Nc2ccc(Cl)c(S(=O)(=O)O)c2)nc(Nc2ccc(Cl)cc2)c1N=Nc1sc(N=Nc2ccccc2)c(-c2cccc(NC(=O)c3ccccc3C(=O)O)c2)c1C#N. The van der Waals surface area contributed by atoms with E-state index in [0.29, 0.717) is 27.5 Å². The van der Waals surface area contributed by atoms with Crippen molar-refractivity contribution in [1.82, 2.24) is 4.98 Å². The van der Waals surface area contributed by atoms with Crippen LogP contribution >= 0.6 is 34.5 Å². The summed E-state index contributed by atoms with van der Waals surface area (Å²) in [4.78, 5) is 29.2. The molecule has 0 unspecified atom stereocenters. The second kappa shape index (κ2) is 19.1. The number of azo groups is 2. The maximum Gasteiger partial charge on any atom is 0.336 e. The Morgan fingerprint density at radius 2 is 1.38 bits per heavy atom. The fraction of sp³-hybridized carbons (Fsp3) is 0.0227. The number of aromatic nitrogens is 1. The molecule has 0 aliphatic heterocycles. The first-order valence-corrected chi connectivity index (χ1v) is 21.5. The molecular formula is C44H28Cl2N10O6S2. The molecule has 20 heteroatoms. The maximum atomic E-state index is 13.3. The Morgan fingerprint density at radius 1 is 0.719 bits per heavy atom. The van der Waals surface area contributed by atoms with E-state index in [2.05, 4.69) is 53.5 Å². The van der Waals surface area contributed by atoms with Crippen molar-refractivity contribution in [3.63, 3.8) is 0 Å². The van der Waals surface area contributed by atoms with Crippen molar-refractivity contribution < 1.29 is 27.7 Å². The third-order valence-corrected chi connectivity index (χ3v) is 11.7. The van der Waals surface area contributed by atoms with Gasteiger partial charge in [-0.2, -0.15) is 18.9 Å². The fourth-order valence-electron chi connectivity index (χ4n) is 6.15. The Morgan fingerprint density at radius 3 is 2.06 bits per heavy atom. The molecular weight excluding hydrogens is 900 g/mol. The van der Waals surface area contributed by atoms with E-state index in [1.807, 2.05) is 6.07 Å². The van der Waals surface area contributed by atoms with Gasteiger partial charge in [0, 0.05) is 33.2 Å². The lowest BCUT2D eigenvalue weighted by atomic mass is 10.0. The minimum atomic E-state index is -4.71. The van der Waals surface area contributed by atoms with Gasteiger partial charge >= 0.3 is 5.97 Å². The van der Waals surface area contributed by atoms with Gasteiger partial charge in [0.05, 0.1) is 27.4 Å². The first kappa shape index (κ1) is 44.2. The summed E-state index contributed by atoms with van der Waals surface area (Å²) < 4.78 is 33.7. The average molecular weight is 928 g/mol. The van der Waals surface area contributed by atoms with Gasteiger partial charge in [0.2, 0.25) is 0 Å². The molecule has 1 amide bonds. The number of anilines is 5. The Kier molecular flexibility index (Phi) is 13.2. The standard InChI is InChI=1S/C44H28Cl2N10O6S2/c1-24-33(22-47)39(50-30-18-19-35(46)36(21-30)64(60,61)62)52-40(49-27-16-14-26(45)15-17-27)38(24)54-55-42-34(23-48)37(43(63-42)56-53-28-9-3-2-4-10-28)25-8-7-11-29(20-25)51-41(57)31-12-5-6-13-32(31)44(58)59/h2-21H,1H3,(H,51,57)(H,58,59)(H2,49,50,52)(H,60,61,62). The molecule has 0 radical (unpaired) electrons. The van der Waals surface area contributed by atoms with Crippen molar-refractivity contribution in [2.45, 2.75) is 11.8 Å². The lowest BCUT2D eigenvalue weighted by molar-refractivity contribution is 0.0692. The normalized spacial score (nSPS) is 11.3. The van der Waals surface area contributed by atoms with E-state index in [-0.39, 0.29) is 71.5 Å². The number of thiophene rings is 1. The summed E-state index contributed by atoms with van der Waals surface area (Å²) >= 11 is 13.2. The van der Waals surface area contributed by atoms with Crippen LogP contribution in [-0.2, 0) is 10.1 Å². The number of carboxylic acid groups (broad SMARTS) is 1. The molecule has 2 aromatic heterocycles. The molecule has 0 bridgehead atoms. The zero-order valence-corrected chi connectivity index (χ0v) is 35.9. The smallest absolute Gasteiger partial charge is 0.336 e. The van der Waals surface area contributed by atoms with Crippen LogP contribution < -0.4 is 16.0 Å². The minimum Gasteiger partial charge on any atom is -0.478 e. The molecule has 5 N–H and O–H groups in total. The number of halogens is 2. The molecule has 7 rings (SSSR count). The van der Waals surface area contributed by atoms with E-state index in [1.165, 1.54) is 30.3 Å². The number of nitriles is 2. The number of rotatable bonds is 13. The number of nitrogens with one attached hydrogen (secondary N) is 3. The first-order valence-electron chi connectivity index (χ1n) is 18.4. The molecule has 64 heavy (non-hydrogen) atoms. The van der Waals surface area contributed by atoms with Crippen LogP contribution in [0.15, 0.2) is 147 Å². The average Bonchev–Trinajstić information content (AvgIpc) is 3.64. The fourth-order valence-corrected chi connectivity index (χ4v) is 8.19. The number of carbonyl (C=O) groups excluding carboxylic acids is 1. The van der Waals surface area contributed by atoms with Gasteiger partial charge < -0.3 is 21.1 Å². The number of nitrogens with zero attached hydrogens (tertiary/aromatic N) is 7. The van der Waals surface area contributed by atoms with Gasteiger partial charge in [-0.15, -0.1) is 20.5 Å². The predicted octanol–water partition coefficient (Wildman–Crippen LogP) is 12.7. The molecule has 0 aliphatic rings. The minimum absolute atomic E-state index is 0.00599. The summed E-state index contributed by atoms with van der Waals surface area (Å²) in [5.74, 6) is -1.87. The van der Waals surface area contributed by atoms with Crippen LogP contribution in [0.1, 0.15) is 37.4 Å². The summed E-state index contributed by atoms with van der Waals surface area (Å²) in [6.07, 6.45) is 0. The van der Waals surface area contributed by atoms with Crippen LogP contribution in [-0.4, -0.2) is 34.9 Å². The van der Waals surface area contributed by atoms with Gasteiger partial charge in [0.1, 0.15) is 33.3 Å². The molecule has 0 saturated carbocycles. The van der Waals surface area contributed by atoms with Gasteiger partial charge in [-0.05, 0) is 91.3 Å². The van der Waals surface area contributed by atoms with Crippen LogP contribution in [0.4, 0.5) is 50.1 Å². The highest BCUT2D eigenvalue weighted by molar-refractivity contribution is 7.86. The summed E-state index contributed by atoms with van der Waals surface area (Å²) in [7, 11) is -4.71. The van der Waals surface area contributed by atoms with E-state index in [4.69, 9.17) is 23.2 Å². The summed E-state index contributed by atoms with van der Waals surface area (Å²) in [6, 6.07) is 35.9. The van der Waals surface area contributed by atoms with Crippen molar-refractivity contribution in [3.8, 4) is 23.3 Å². The van der Waals surface area contributed by atoms with Crippen molar-refractivity contribution in [1.29, 1.82) is 10.5 Å². The summed E-state index contributed by atoms with van der Waals surface area (Å²) in [5.41, 5.74) is 2.36. The van der Waals surface area contributed by atoms with Gasteiger partial charge in [-0.25, -0.2) is 9.78 Å². The Balaban J connectivity index is 1.34. The van der Waals surface area contributed by atoms with Gasteiger partial charge in [-0.1, -0.05) is 77.0 Å². The van der Waals surface area contributed by atoms with Crippen LogP contribution in [0.3, 0.4) is 0 Å². The zero-order chi connectivity index (χ0) is 45.5. The van der Waals surface area contributed by atoms with Crippen molar-refractivity contribution in [2.75, 3.05) is 16.0 Å². The Bertz CT molecular complexity index is 3240. The van der Waals surface area contributed by atoms with Crippen LogP contribution in [0, 0.1) is 29.6 Å². The number of aromatic carboxylic acids is 1. The number of hydrogen-bond acceptors (Lipinski definition) is 14. The molecule has 0 saturated heterocycles. The number of amides is 1. The maximum absolute atomic E-state index is 13.3. The number of benzene rings is 5. The molecule has 0 aliphatic carbocycles. The third kappa shape index (κ3) is 9.93. The number of hydrogen-bond donors (Lipinski definition) is 5. The first-order chi connectivity index (χ1) is 30.7. The number of pyridine rings is 1. The third-order valence-electron chi connectivity index (χ3n) is 9.15. The second-order valence-corrected chi connectivity index (χ2v) is 16.6. The van der Waals surface area contributed by atoms with Gasteiger partial charge in [0.25, 0.3) is 16.0 Å². The molecule has 0 spiro atoms. The van der Waals surface area contributed by atoms with Crippen molar-refractivity contribution >= 4 is 107 Å². The zero-order valence-electron chi connectivity index (χ0n) is 32.8. The lowest BCUT2D eigenvalue weighted by Gasteiger charge is -2.16. The van der Waals surface area contributed by atoms with E-state index < -0.39 is 26.9 Å². The van der Waals surface area contributed by atoms with Gasteiger partial charge in [0.15, 0.2) is 16.6 Å². The number of carbonyl (C=O) groups is 2. The van der Waals surface area contributed by atoms with Crippen LogP contribution in [0.5, 0.6) is 0 Å². The Hall–Kier alpha value is -7.84. The van der Waals surface area contributed by atoms with E-state index in [9.17, 15) is 38.2 Å². The largest absolute Gasteiger partial charge is 0.478 e. The molecule has 316 valence electrons. The van der Waals surface area contributed by atoms with E-state index in [1.54, 1.807) is 85.8 Å². The number of carboxylic acids is 1. The van der Waals surface area contributed by atoms with Crippen LogP contribution in [0.25, 0.3) is 11.1 Å². The predicted molar refractivity (Wildman–Crippen MR) is 244 cm³/mol. The highest BCUT2D eigenvalue weighted by Gasteiger charge is 2.24. The summed E-state index contributed by atoms with van der Waals surface area (Å²) in [6.45, 7) is 1.59. The van der Waals surface area contributed by atoms with Gasteiger partial charge in [-0.3, -0.25) is 9.35 Å². The molecule has 2 heterocycles. The monoisotopic (exact) mass is 926 g/mol.